The van der Waals surface area contributed by atoms with Crippen molar-refractivity contribution in [2.45, 2.75) is 0 Å². The summed E-state index contributed by atoms with van der Waals surface area (Å²) in [6.45, 7) is 0. The van der Waals surface area contributed by atoms with E-state index in [-0.39, 0.29) is 11.5 Å². The molecule has 0 radical (unpaired) electrons. The van der Waals surface area contributed by atoms with Crippen LogP contribution in [-0.4, -0.2) is 19.7 Å². The maximum absolute atomic E-state index is 13.4. The standard InChI is InChI=1S/C12H11F2N3O2S/c1-20(18,19)17-12-5-3-9(7-15-12)16-11-4-2-8(13)6-10(11)14/h2-7,16H,1H3,(H,15,17). The lowest BCUT2D eigenvalue weighted by Crippen LogP contribution is -2.10. The fourth-order valence-electron chi connectivity index (χ4n) is 1.46. The number of benzene rings is 1. The average Bonchev–Trinajstić information content (AvgIpc) is 2.33. The number of hydrogen-bond donors (Lipinski definition) is 2. The van der Waals surface area contributed by atoms with Crippen LogP contribution < -0.4 is 10.0 Å². The van der Waals surface area contributed by atoms with Crippen molar-refractivity contribution in [3.63, 3.8) is 0 Å². The highest BCUT2D eigenvalue weighted by molar-refractivity contribution is 7.92. The first-order chi connectivity index (χ1) is 9.33. The van der Waals surface area contributed by atoms with E-state index in [1.54, 1.807) is 0 Å². The Kier molecular flexibility index (Phi) is 3.84. The molecule has 0 saturated carbocycles. The number of hydrogen-bond acceptors (Lipinski definition) is 4. The third-order valence-electron chi connectivity index (χ3n) is 2.26. The lowest BCUT2D eigenvalue weighted by molar-refractivity contribution is 0.586. The smallest absolute Gasteiger partial charge is 0.230 e. The molecule has 106 valence electrons. The van der Waals surface area contributed by atoms with E-state index >= 15 is 0 Å². The molecular weight excluding hydrogens is 288 g/mol. The van der Waals surface area contributed by atoms with E-state index in [9.17, 15) is 17.2 Å². The van der Waals surface area contributed by atoms with Crippen LogP contribution in [0.3, 0.4) is 0 Å². The van der Waals surface area contributed by atoms with E-state index in [0.29, 0.717) is 5.69 Å². The molecule has 1 aromatic carbocycles. The minimum absolute atomic E-state index is 0.0945. The Bertz CT molecular complexity index is 718. The fraction of sp³-hybridized carbons (Fsp3) is 0.0833. The Labute approximate surface area is 114 Å². The molecule has 0 fully saturated rings. The molecule has 2 aromatic rings. The molecule has 20 heavy (non-hydrogen) atoms. The third kappa shape index (κ3) is 3.89. The summed E-state index contributed by atoms with van der Waals surface area (Å²) < 4.78 is 50.4. The Morgan fingerprint density at radius 3 is 2.45 bits per heavy atom. The summed E-state index contributed by atoms with van der Waals surface area (Å²) in [5.74, 6) is -1.25. The second-order valence-electron chi connectivity index (χ2n) is 4.06. The molecule has 0 unspecified atom stereocenters. The lowest BCUT2D eigenvalue weighted by atomic mass is 10.3. The van der Waals surface area contributed by atoms with Gasteiger partial charge in [0.1, 0.15) is 17.5 Å². The van der Waals surface area contributed by atoms with Crippen molar-refractivity contribution < 1.29 is 17.2 Å². The van der Waals surface area contributed by atoms with Crippen LogP contribution in [-0.2, 0) is 10.0 Å². The summed E-state index contributed by atoms with van der Waals surface area (Å²) >= 11 is 0. The Hall–Kier alpha value is -2.22. The lowest BCUT2D eigenvalue weighted by Gasteiger charge is -2.08. The monoisotopic (exact) mass is 299 g/mol. The van der Waals surface area contributed by atoms with E-state index < -0.39 is 21.7 Å². The van der Waals surface area contributed by atoms with Gasteiger partial charge in [0.05, 0.1) is 23.8 Å². The van der Waals surface area contributed by atoms with Gasteiger partial charge in [-0.2, -0.15) is 0 Å². The van der Waals surface area contributed by atoms with Gasteiger partial charge in [0.2, 0.25) is 10.0 Å². The zero-order valence-corrected chi connectivity index (χ0v) is 11.2. The van der Waals surface area contributed by atoms with Gasteiger partial charge >= 0.3 is 0 Å². The molecule has 2 N–H and O–H groups in total. The first-order valence-corrected chi connectivity index (χ1v) is 7.38. The van der Waals surface area contributed by atoms with Gasteiger partial charge in [-0.15, -0.1) is 0 Å². The van der Waals surface area contributed by atoms with Crippen molar-refractivity contribution in [3.8, 4) is 0 Å². The molecule has 2 rings (SSSR count). The third-order valence-corrected chi connectivity index (χ3v) is 2.84. The number of anilines is 3. The van der Waals surface area contributed by atoms with Gasteiger partial charge in [-0.1, -0.05) is 0 Å². The van der Waals surface area contributed by atoms with Crippen molar-refractivity contribution in [2.75, 3.05) is 16.3 Å². The second kappa shape index (κ2) is 5.41. The normalized spacial score (nSPS) is 11.2. The molecule has 1 aromatic heterocycles. The van der Waals surface area contributed by atoms with Crippen LogP contribution >= 0.6 is 0 Å². The topological polar surface area (TPSA) is 71.1 Å². The minimum atomic E-state index is -3.39. The molecule has 0 saturated heterocycles. The van der Waals surface area contributed by atoms with Gasteiger partial charge in [0, 0.05) is 6.07 Å². The van der Waals surface area contributed by atoms with E-state index in [0.717, 1.165) is 18.4 Å². The van der Waals surface area contributed by atoms with Crippen LogP contribution in [0, 0.1) is 11.6 Å². The van der Waals surface area contributed by atoms with Crippen LogP contribution in [0.5, 0.6) is 0 Å². The summed E-state index contributed by atoms with van der Waals surface area (Å²) in [7, 11) is -3.39. The van der Waals surface area contributed by atoms with Gasteiger partial charge < -0.3 is 5.32 Å². The molecule has 0 atom stereocenters. The number of rotatable bonds is 4. The highest BCUT2D eigenvalue weighted by Gasteiger charge is 2.06. The zero-order valence-electron chi connectivity index (χ0n) is 10.4. The number of nitrogens with one attached hydrogen (secondary N) is 2. The quantitative estimate of drug-likeness (QED) is 0.910. The molecular formula is C12H11F2N3O2S. The largest absolute Gasteiger partial charge is 0.352 e. The predicted molar refractivity (Wildman–Crippen MR) is 72.3 cm³/mol. The van der Waals surface area contributed by atoms with Crippen molar-refractivity contribution in [2.24, 2.45) is 0 Å². The van der Waals surface area contributed by atoms with Gasteiger partial charge in [-0.05, 0) is 24.3 Å². The predicted octanol–water partition coefficient (Wildman–Crippen LogP) is 2.47. The van der Waals surface area contributed by atoms with Crippen molar-refractivity contribution in [3.05, 3.63) is 48.2 Å². The van der Waals surface area contributed by atoms with Crippen molar-refractivity contribution >= 4 is 27.2 Å². The van der Waals surface area contributed by atoms with Gasteiger partial charge in [0.15, 0.2) is 0 Å². The molecule has 0 bridgehead atoms. The SMILES string of the molecule is CS(=O)(=O)Nc1ccc(Nc2ccc(F)cc2F)cn1. The maximum atomic E-state index is 13.4. The number of nitrogens with zero attached hydrogens (tertiary/aromatic N) is 1. The average molecular weight is 299 g/mol. The van der Waals surface area contributed by atoms with Gasteiger partial charge in [0.25, 0.3) is 0 Å². The summed E-state index contributed by atoms with van der Waals surface area (Å²) in [5.41, 5.74) is 0.534. The molecule has 0 aliphatic rings. The summed E-state index contributed by atoms with van der Waals surface area (Å²) in [4.78, 5) is 3.86. The van der Waals surface area contributed by atoms with E-state index in [1.165, 1.54) is 24.4 Å². The number of pyridine rings is 1. The van der Waals surface area contributed by atoms with Crippen LogP contribution in [0.25, 0.3) is 0 Å². The molecule has 0 aliphatic carbocycles. The molecule has 0 aliphatic heterocycles. The Balaban J connectivity index is 2.14. The number of aromatic nitrogens is 1. The number of halogens is 2. The van der Waals surface area contributed by atoms with E-state index in [2.05, 4.69) is 15.0 Å². The molecule has 1 heterocycles. The first-order valence-electron chi connectivity index (χ1n) is 5.49. The van der Waals surface area contributed by atoms with Crippen LogP contribution in [0.15, 0.2) is 36.5 Å². The Morgan fingerprint density at radius 1 is 1.15 bits per heavy atom. The summed E-state index contributed by atoms with van der Waals surface area (Å²) in [6, 6.07) is 6.08. The second-order valence-corrected chi connectivity index (χ2v) is 5.80. The highest BCUT2D eigenvalue weighted by atomic mass is 32.2. The maximum Gasteiger partial charge on any atom is 0.230 e. The minimum Gasteiger partial charge on any atom is -0.352 e. The van der Waals surface area contributed by atoms with Crippen molar-refractivity contribution in [1.82, 2.24) is 4.98 Å². The summed E-state index contributed by atoms with van der Waals surface area (Å²) in [6.07, 6.45) is 2.34. The first kappa shape index (κ1) is 14.2. The zero-order chi connectivity index (χ0) is 14.8. The van der Waals surface area contributed by atoms with Crippen LogP contribution in [0.2, 0.25) is 0 Å². The highest BCUT2D eigenvalue weighted by Crippen LogP contribution is 2.20. The summed E-state index contributed by atoms with van der Waals surface area (Å²) in [5, 5.41) is 2.71. The van der Waals surface area contributed by atoms with E-state index in [1.807, 2.05) is 0 Å². The Morgan fingerprint density at radius 2 is 1.90 bits per heavy atom. The number of sulfonamides is 1. The molecule has 8 heteroatoms. The van der Waals surface area contributed by atoms with E-state index in [4.69, 9.17) is 0 Å². The van der Waals surface area contributed by atoms with Crippen LogP contribution in [0.1, 0.15) is 0 Å². The van der Waals surface area contributed by atoms with Crippen LogP contribution in [0.4, 0.5) is 26.0 Å². The van der Waals surface area contributed by atoms with Crippen molar-refractivity contribution in [1.29, 1.82) is 0 Å². The molecule has 5 nitrogen and oxygen atoms in total. The van der Waals surface area contributed by atoms with Gasteiger partial charge in [-0.3, -0.25) is 4.72 Å². The van der Waals surface area contributed by atoms with Gasteiger partial charge in [-0.25, -0.2) is 22.2 Å². The molecule has 0 spiro atoms. The molecule has 0 amide bonds. The fourth-order valence-corrected chi connectivity index (χ4v) is 1.97.